The highest BCUT2D eigenvalue weighted by molar-refractivity contribution is 5.76. The first-order chi connectivity index (χ1) is 10.7. The minimum Gasteiger partial charge on any atom is -0.481 e. The van der Waals surface area contributed by atoms with Crippen LogP contribution >= 0.6 is 0 Å². The summed E-state index contributed by atoms with van der Waals surface area (Å²) < 4.78 is 10.3. The molecule has 0 aliphatic rings. The zero-order valence-electron chi connectivity index (χ0n) is 15.8. The number of hydrogen-bond acceptors (Lipinski definition) is 5. The Hall–Kier alpha value is -1.79. The first kappa shape index (κ1) is 22.2. The van der Waals surface area contributed by atoms with Crippen molar-refractivity contribution in [1.29, 1.82) is 0 Å². The minimum absolute atomic E-state index is 0.0269. The van der Waals surface area contributed by atoms with Crippen molar-refractivity contribution in [3.05, 3.63) is 0 Å². The molecule has 0 aliphatic carbocycles. The van der Waals surface area contributed by atoms with Crippen LogP contribution in [0.15, 0.2) is 0 Å². The van der Waals surface area contributed by atoms with Gasteiger partial charge in [-0.05, 0) is 39.0 Å². The molecule has 1 amide bonds. The second-order valence-corrected chi connectivity index (χ2v) is 7.90. The molecular formula is C17H31NO6. The third kappa shape index (κ3) is 10.1. The van der Waals surface area contributed by atoms with Gasteiger partial charge in [0.2, 0.25) is 0 Å². The van der Waals surface area contributed by atoms with Gasteiger partial charge in [-0.3, -0.25) is 9.59 Å². The van der Waals surface area contributed by atoms with Crippen LogP contribution in [-0.4, -0.2) is 35.5 Å². The molecule has 7 heteroatoms. The van der Waals surface area contributed by atoms with Crippen LogP contribution in [0.4, 0.5) is 4.79 Å². The quantitative estimate of drug-likeness (QED) is 0.517. The summed E-state index contributed by atoms with van der Waals surface area (Å²) in [6.45, 7) is 12.2. The predicted molar refractivity (Wildman–Crippen MR) is 89.3 cm³/mol. The molecule has 7 nitrogen and oxygen atoms in total. The van der Waals surface area contributed by atoms with Crippen LogP contribution in [0.2, 0.25) is 0 Å². The Morgan fingerprint density at radius 2 is 1.58 bits per heavy atom. The summed E-state index contributed by atoms with van der Waals surface area (Å²) in [5.41, 5.74) is -0.707. The molecule has 140 valence electrons. The average molecular weight is 345 g/mol. The van der Waals surface area contributed by atoms with Gasteiger partial charge in [0.1, 0.15) is 0 Å². The van der Waals surface area contributed by atoms with Crippen LogP contribution in [0.25, 0.3) is 0 Å². The second-order valence-electron chi connectivity index (χ2n) is 7.90. The number of esters is 1. The van der Waals surface area contributed by atoms with Gasteiger partial charge in [-0.15, -0.1) is 0 Å². The monoisotopic (exact) mass is 345 g/mol. The van der Waals surface area contributed by atoms with E-state index in [2.05, 4.69) is 5.32 Å². The van der Waals surface area contributed by atoms with Crippen molar-refractivity contribution in [2.75, 3.05) is 6.54 Å². The summed E-state index contributed by atoms with van der Waals surface area (Å²) in [6.07, 6.45) is -0.101. The first-order valence-corrected chi connectivity index (χ1v) is 8.15. The fraction of sp³-hybridized carbons (Fsp3) is 0.824. The van der Waals surface area contributed by atoms with E-state index < -0.39 is 29.2 Å². The van der Waals surface area contributed by atoms with E-state index in [0.29, 0.717) is 12.3 Å². The molecular weight excluding hydrogens is 314 g/mol. The summed E-state index contributed by atoms with van der Waals surface area (Å²) in [5.74, 6) is -2.67. The predicted octanol–water partition coefficient (Wildman–Crippen LogP) is 3.18. The standard InChI is InChI=1S/C17H31NO6/c1-11(2)8-12(9-13(19)20)10-18-15(22)24-17(6,7)23-14(21)16(3,4)5/h11-12H,8-10H2,1-7H3,(H,18,22)(H,19,20)/t12-/m0/s1. The van der Waals surface area contributed by atoms with Crippen molar-refractivity contribution in [2.45, 2.75) is 67.1 Å². The Labute approximate surface area is 144 Å². The van der Waals surface area contributed by atoms with Crippen LogP contribution in [0.5, 0.6) is 0 Å². The maximum absolute atomic E-state index is 11.9. The van der Waals surface area contributed by atoms with Crippen LogP contribution in [0.1, 0.15) is 61.3 Å². The fourth-order valence-corrected chi connectivity index (χ4v) is 2.04. The number of carbonyl (C=O) groups is 3. The Morgan fingerprint density at radius 3 is 2.00 bits per heavy atom. The number of rotatable bonds is 8. The van der Waals surface area contributed by atoms with E-state index in [1.807, 2.05) is 13.8 Å². The maximum Gasteiger partial charge on any atom is 0.410 e. The highest BCUT2D eigenvalue weighted by atomic mass is 16.7. The topological polar surface area (TPSA) is 102 Å². The molecule has 0 aliphatic heterocycles. The van der Waals surface area contributed by atoms with Gasteiger partial charge in [0.15, 0.2) is 0 Å². The van der Waals surface area contributed by atoms with Crippen molar-refractivity contribution in [3.63, 3.8) is 0 Å². The molecule has 0 aromatic heterocycles. The highest BCUT2D eigenvalue weighted by Gasteiger charge is 2.33. The molecule has 0 heterocycles. The molecule has 0 spiro atoms. The van der Waals surface area contributed by atoms with Gasteiger partial charge in [-0.25, -0.2) is 4.79 Å². The van der Waals surface area contributed by atoms with E-state index in [9.17, 15) is 14.4 Å². The smallest absolute Gasteiger partial charge is 0.410 e. The molecule has 1 atom stereocenters. The third-order valence-corrected chi connectivity index (χ3v) is 3.09. The number of carboxylic acids is 1. The Balaban J connectivity index is 4.54. The van der Waals surface area contributed by atoms with E-state index >= 15 is 0 Å². The number of aliphatic carboxylic acids is 1. The van der Waals surface area contributed by atoms with E-state index in [1.54, 1.807) is 20.8 Å². The third-order valence-electron chi connectivity index (χ3n) is 3.09. The lowest BCUT2D eigenvalue weighted by molar-refractivity contribution is -0.203. The van der Waals surface area contributed by atoms with Gasteiger partial charge in [0.25, 0.3) is 5.79 Å². The number of amides is 1. The molecule has 0 saturated carbocycles. The minimum atomic E-state index is -1.41. The number of alkyl carbamates (subject to hydrolysis) is 1. The lowest BCUT2D eigenvalue weighted by atomic mass is 9.94. The van der Waals surface area contributed by atoms with E-state index in [4.69, 9.17) is 14.6 Å². The number of hydrogen-bond donors (Lipinski definition) is 2. The Bertz CT molecular complexity index is 450. The normalized spacial score (nSPS) is 13.3. The molecule has 0 bridgehead atoms. The average Bonchev–Trinajstić information content (AvgIpc) is 2.32. The molecule has 0 aromatic rings. The number of ether oxygens (including phenoxy) is 2. The zero-order valence-corrected chi connectivity index (χ0v) is 15.8. The number of nitrogens with one attached hydrogen (secondary N) is 1. The van der Waals surface area contributed by atoms with Gasteiger partial charge < -0.3 is 19.9 Å². The molecule has 0 aromatic carbocycles. The van der Waals surface area contributed by atoms with Crippen molar-refractivity contribution >= 4 is 18.0 Å². The van der Waals surface area contributed by atoms with Crippen molar-refractivity contribution < 1.29 is 29.0 Å². The van der Waals surface area contributed by atoms with Crippen LogP contribution in [-0.2, 0) is 19.1 Å². The summed E-state index contributed by atoms with van der Waals surface area (Å²) in [6, 6.07) is 0. The molecule has 2 N–H and O–H groups in total. The number of carbonyl (C=O) groups excluding carboxylic acids is 2. The van der Waals surface area contributed by atoms with E-state index in [-0.39, 0.29) is 18.9 Å². The summed E-state index contributed by atoms with van der Waals surface area (Å²) >= 11 is 0. The largest absolute Gasteiger partial charge is 0.481 e. The summed E-state index contributed by atoms with van der Waals surface area (Å²) in [4.78, 5) is 34.6. The molecule has 0 rings (SSSR count). The Morgan fingerprint density at radius 1 is 1.04 bits per heavy atom. The van der Waals surface area contributed by atoms with Gasteiger partial charge >= 0.3 is 18.0 Å². The van der Waals surface area contributed by atoms with E-state index in [0.717, 1.165) is 0 Å². The van der Waals surface area contributed by atoms with Crippen molar-refractivity contribution in [1.82, 2.24) is 5.32 Å². The fourth-order valence-electron chi connectivity index (χ4n) is 2.04. The molecule has 24 heavy (non-hydrogen) atoms. The molecule has 0 fully saturated rings. The summed E-state index contributed by atoms with van der Waals surface area (Å²) in [5, 5.41) is 11.5. The number of carboxylic acid groups (broad SMARTS) is 1. The van der Waals surface area contributed by atoms with Crippen LogP contribution < -0.4 is 5.32 Å². The van der Waals surface area contributed by atoms with E-state index in [1.165, 1.54) is 13.8 Å². The SMILES string of the molecule is CC(C)C[C@H](CNC(=O)OC(C)(C)OC(=O)C(C)(C)C)CC(=O)O. The van der Waals surface area contributed by atoms with Gasteiger partial charge in [0.05, 0.1) is 5.41 Å². The van der Waals surface area contributed by atoms with Crippen LogP contribution in [0, 0.1) is 17.3 Å². The Kier molecular flexibility index (Phi) is 8.23. The molecule has 0 radical (unpaired) electrons. The van der Waals surface area contributed by atoms with Crippen molar-refractivity contribution in [2.24, 2.45) is 17.3 Å². The molecule has 0 unspecified atom stereocenters. The zero-order chi connectivity index (χ0) is 19.1. The highest BCUT2D eigenvalue weighted by Crippen LogP contribution is 2.21. The lowest BCUT2D eigenvalue weighted by Crippen LogP contribution is -2.42. The lowest BCUT2D eigenvalue weighted by Gasteiger charge is -2.29. The van der Waals surface area contributed by atoms with Gasteiger partial charge in [-0.1, -0.05) is 13.8 Å². The second kappa shape index (κ2) is 8.89. The first-order valence-electron chi connectivity index (χ1n) is 8.15. The van der Waals surface area contributed by atoms with Crippen LogP contribution in [0.3, 0.4) is 0 Å². The summed E-state index contributed by atoms with van der Waals surface area (Å²) in [7, 11) is 0. The van der Waals surface area contributed by atoms with Gasteiger partial charge in [0, 0.05) is 26.8 Å². The van der Waals surface area contributed by atoms with Crippen molar-refractivity contribution in [3.8, 4) is 0 Å². The molecule has 0 saturated heterocycles. The van der Waals surface area contributed by atoms with Gasteiger partial charge in [-0.2, -0.15) is 0 Å². The maximum atomic E-state index is 11.9.